The van der Waals surface area contributed by atoms with Gasteiger partial charge in [-0.3, -0.25) is 0 Å². The molecule has 0 amide bonds. The second-order valence-electron chi connectivity index (χ2n) is 5.01. The Hall–Kier alpha value is -0.780. The Morgan fingerprint density at radius 3 is 2.89 bits per heavy atom. The molecular weight excluding hydrogens is 310 g/mol. The van der Waals surface area contributed by atoms with Gasteiger partial charge in [-0.05, 0) is 36.5 Å². The quantitative estimate of drug-likeness (QED) is 0.923. The Kier molecular flexibility index (Phi) is 4.25. The van der Waals surface area contributed by atoms with Crippen LogP contribution >= 0.6 is 15.9 Å². The van der Waals surface area contributed by atoms with E-state index < -0.39 is 0 Å². The van der Waals surface area contributed by atoms with Crippen molar-refractivity contribution in [2.75, 3.05) is 26.6 Å². The molecular formula is C14H18BrNO3. The summed E-state index contributed by atoms with van der Waals surface area (Å²) in [6, 6.07) is 4.01. The second-order valence-corrected chi connectivity index (χ2v) is 5.87. The number of ether oxygens (including phenoxy) is 3. The maximum Gasteiger partial charge on any atom is 0.231 e. The van der Waals surface area contributed by atoms with Crippen LogP contribution in [0.15, 0.2) is 16.6 Å². The van der Waals surface area contributed by atoms with Crippen LogP contribution in [0.4, 0.5) is 0 Å². The number of hydrogen-bond donors (Lipinski definition) is 1. The van der Waals surface area contributed by atoms with E-state index >= 15 is 0 Å². The molecule has 1 atom stereocenters. The van der Waals surface area contributed by atoms with Crippen LogP contribution in [0.2, 0.25) is 0 Å². The van der Waals surface area contributed by atoms with Gasteiger partial charge in [-0.15, -0.1) is 0 Å². The summed E-state index contributed by atoms with van der Waals surface area (Å²) in [6.07, 6.45) is 2.44. The highest BCUT2D eigenvalue weighted by atomic mass is 79.9. The van der Waals surface area contributed by atoms with Gasteiger partial charge >= 0.3 is 0 Å². The molecule has 0 aromatic heterocycles. The largest absolute Gasteiger partial charge is 0.454 e. The van der Waals surface area contributed by atoms with E-state index in [9.17, 15) is 0 Å². The van der Waals surface area contributed by atoms with Crippen molar-refractivity contribution < 1.29 is 14.2 Å². The van der Waals surface area contributed by atoms with Crippen LogP contribution in [-0.4, -0.2) is 26.6 Å². The summed E-state index contributed by atoms with van der Waals surface area (Å²) in [5.41, 5.74) is 1.20. The van der Waals surface area contributed by atoms with Crippen molar-refractivity contribution in [3.63, 3.8) is 0 Å². The fraction of sp³-hybridized carbons (Fsp3) is 0.571. The molecule has 2 aliphatic heterocycles. The van der Waals surface area contributed by atoms with Crippen LogP contribution in [-0.2, 0) is 11.3 Å². The molecule has 1 aromatic rings. The van der Waals surface area contributed by atoms with E-state index in [0.717, 1.165) is 42.3 Å². The topological polar surface area (TPSA) is 39.7 Å². The van der Waals surface area contributed by atoms with E-state index in [2.05, 4.69) is 21.2 Å². The third kappa shape index (κ3) is 3.22. The van der Waals surface area contributed by atoms with Gasteiger partial charge in [0.05, 0.1) is 6.61 Å². The molecule has 1 aromatic carbocycles. The Bertz CT molecular complexity index is 447. The van der Waals surface area contributed by atoms with Crippen molar-refractivity contribution in [2.24, 2.45) is 5.92 Å². The number of halogens is 1. The first-order valence-electron chi connectivity index (χ1n) is 6.69. The maximum atomic E-state index is 5.48. The molecule has 19 heavy (non-hydrogen) atoms. The van der Waals surface area contributed by atoms with Crippen molar-refractivity contribution in [2.45, 2.75) is 19.4 Å². The van der Waals surface area contributed by atoms with Crippen LogP contribution in [0.3, 0.4) is 0 Å². The summed E-state index contributed by atoms with van der Waals surface area (Å²) in [6.45, 7) is 3.95. The highest BCUT2D eigenvalue weighted by molar-refractivity contribution is 9.10. The van der Waals surface area contributed by atoms with Crippen LogP contribution in [0.5, 0.6) is 11.5 Å². The first-order chi connectivity index (χ1) is 9.33. The Morgan fingerprint density at radius 1 is 1.26 bits per heavy atom. The van der Waals surface area contributed by atoms with Gasteiger partial charge < -0.3 is 19.5 Å². The van der Waals surface area contributed by atoms with E-state index in [1.165, 1.54) is 18.4 Å². The van der Waals surface area contributed by atoms with Gasteiger partial charge in [0, 0.05) is 24.2 Å². The van der Waals surface area contributed by atoms with Crippen LogP contribution < -0.4 is 14.8 Å². The number of benzene rings is 1. The molecule has 104 valence electrons. The normalized spacial score (nSPS) is 21.6. The van der Waals surface area contributed by atoms with E-state index in [1.807, 2.05) is 12.1 Å². The molecule has 2 heterocycles. The summed E-state index contributed by atoms with van der Waals surface area (Å²) in [4.78, 5) is 0. The van der Waals surface area contributed by atoms with Gasteiger partial charge in [0.1, 0.15) is 0 Å². The number of fused-ring (bicyclic) bond motifs is 1. The summed E-state index contributed by atoms with van der Waals surface area (Å²) >= 11 is 3.58. The number of hydrogen-bond acceptors (Lipinski definition) is 4. The minimum Gasteiger partial charge on any atom is -0.454 e. The summed E-state index contributed by atoms with van der Waals surface area (Å²) < 4.78 is 17.3. The molecule has 0 aliphatic carbocycles. The maximum absolute atomic E-state index is 5.48. The number of rotatable bonds is 4. The summed E-state index contributed by atoms with van der Waals surface area (Å²) in [7, 11) is 0. The fourth-order valence-electron chi connectivity index (χ4n) is 2.47. The number of nitrogens with one attached hydrogen (secondary N) is 1. The fourth-order valence-corrected chi connectivity index (χ4v) is 2.94. The van der Waals surface area contributed by atoms with Crippen molar-refractivity contribution in [1.82, 2.24) is 5.32 Å². The Labute approximate surface area is 121 Å². The standard InChI is InChI=1S/C14H18BrNO3/c15-12-5-14-13(18-9-19-14)4-11(12)7-16-6-10-2-1-3-17-8-10/h4-5,10,16H,1-3,6-9H2. The smallest absolute Gasteiger partial charge is 0.231 e. The predicted molar refractivity (Wildman–Crippen MR) is 75.5 cm³/mol. The molecule has 1 saturated heterocycles. The third-order valence-corrected chi connectivity index (χ3v) is 4.28. The molecule has 0 radical (unpaired) electrons. The molecule has 2 aliphatic rings. The molecule has 3 rings (SSSR count). The third-order valence-electron chi connectivity index (χ3n) is 3.54. The van der Waals surface area contributed by atoms with Crippen LogP contribution in [0.1, 0.15) is 18.4 Å². The highest BCUT2D eigenvalue weighted by Crippen LogP contribution is 2.36. The lowest BCUT2D eigenvalue weighted by Crippen LogP contribution is -2.28. The van der Waals surface area contributed by atoms with Crippen molar-refractivity contribution in [1.29, 1.82) is 0 Å². The molecule has 0 saturated carbocycles. The minimum absolute atomic E-state index is 0.318. The zero-order valence-corrected chi connectivity index (χ0v) is 12.4. The first kappa shape index (κ1) is 13.2. The average molecular weight is 328 g/mol. The van der Waals surface area contributed by atoms with Gasteiger partial charge in [0.15, 0.2) is 11.5 Å². The monoisotopic (exact) mass is 327 g/mol. The molecule has 4 nitrogen and oxygen atoms in total. The second kappa shape index (κ2) is 6.11. The molecule has 5 heteroatoms. The molecule has 1 fully saturated rings. The summed E-state index contributed by atoms with van der Waals surface area (Å²) in [5.74, 6) is 2.29. The summed E-state index contributed by atoms with van der Waals surface area (Å²) in [5, 5.41) is 3.50. The van der Waals surface area contributed by atoms with E-state index in [1.54, 1.807) is 0 Å². The van der Waals surface area contributed by atoms with Gasteiger partial charge in [-0.1, -0.05) is 15.9 Å². The van der Waals surface area contributed by atoms with Gasteiger partial charge in [-0.25, -0.2) is 0 Å². The average Bonchev–Trinajstić information content (AvgIpc) is 2.87. The highest BCUT2D eigenvalue weighted by Gasteiger charge is 2.17. The lowest BCUT2D eigenvalue weighted by Gasteiger charge is -2.22. The van der Waals surface area contributed by atoms with E-state index in [-0.39, 0.29) is 0 Å². The van der Waals surface area contributed by atoms with Gasteiger partial charge in [0.25, 0.3) is 0 Å². The molecule has 1 N–H and O–H groups in total. The van der Waals surface area contributed by atoms with E-state index in [4.69, 9.17) is 14.2 Å². The molecule has 1 unspecified atom stereocenters. The van der Waals surface area contributed by atoms with Crippen molar-refractivity contribution in [3.05, 3.63) is 22.2 Å². The lowest BCUT2D eigenvalue weighted by atomic mass is 10.0. The van der Waals surface area contributed by atoms with Crippen LogP contribution in [0.25, 0.3) is 0 Å². The Balaban J connectivity index is 1.54. The Morgan fingerprint density at radius 2 is 2.11 bits per heavy atom. The molecule has 0 bridgehead atoms. The minimum atomic E-state index is 0.318. The first-order valence-corrected chi connectivity index (χ1v) is 7.49. The predicted octanol–water partition coefficient (Wildman–Crippen LogP) is 2.69. The van der Waals surface area contributed by atoms with Crippen molar-refractivity contribution >= 4 is 15.9 Å². The van der Waals surface area contributed by atoms with Crippen molar-refractivity contribution in [3.8, 4) is 11.5 Å². The van der Waals surface area contributed by atoms with Gasteiger partial charge in [-0.2, -0.15) is 0 Å². The SMILES string of the molecule is Brc1cc2c(cc1CNCC1CCCOC1)OCO2. The molecule has 0 spiro atoms. The lowest BCUT2D eigenvalue weighted by molar-refractivity contribution is 0.0547. The van der Waals surface area contributed by atoms with Gasteiger partial charge in [0.2, 0.25) is 6.79 Å². The zero-order chi connectivity index (χ0) is 13.1. The van der Waals surface area contributed by atoms with Crippen LogP contribution in [0, 0.1) is 5.92 Å². The zero-order valence-electron chi connectivity index (χ0n) is 10.8. The van der Waals surface area contributed by atoms with E-state index in [0.29, 0.717) is 12.7 Å².